The van der Waals surface area contributed by atoms with E-state index < -0.39 is 0 Å². The maximum absolute atomic E-state index is 7.61. The van der Waals surface area contributed by atoms with Crippen LogP contribution in [0.3, 0.4) is 0 Å². The third-order valence-electron chi connectivity index (χ3n) is 7.30. The van der Waals surface area contributed by atoms with Gasteiger partial charge in [0, 0.05) is 27.1 Å². The number of rotatable bonds is 3. The van der Waals surface area contributed by atoms with Gasteiger partial charge in [-0.15, -0.1) is 0 Å². The molecule has 0 aliphatic carbocycles. The summed E-state index contributed by atoms with van der Waals surface area (Å²) in [5.74, 6) is 1.59. The van der Waals surface area contributed by atoms with E-state index in [4.69, 9.17) is 25.9 Å². The molecule has 0 aliphatic rings. The molecule has 6 nitrogen and oxygen atoms in total. The van der Waals surface area contributed by atoms with Gasteiger partial charge in [0.25, 0.3) is 0 Å². The van der Waals surface area contributed by atoms with Crippen molar-refractivity contribution >= 4 is 49.4 Å². The molecule has 0 radical (unpaired) electrons. The first-order valence-corrected chi connectivity index (χ1v) is 12.9. The highest BCUT2D eigenvalue weighted by Gasteiger charge is 2.20. The van der Waals surface area contributed by atoms with Crippen molar-refractivity contribution in [3.63, 3.8) is 0 Å². The van der Waals surface area contributed by atoms with E-state index in [2.05, 4.69) is 33.7 Å². The largest absolute Gasteiger partial charge is 0.466 e. The summed E-state index contributed by atoms with van der Waals surface area (Å²) in [6, 6.07) is 38.1. The molecule has 8 aromatic rings. The minimum Gasteiger partial charge on any atom is -0.466 e. The predicted octanol–water partition coefficient (Wildman–Crippen LogP) is 8.75. The van der Waals surface area contributed by atoms with Crippen LogP contribution in [0.4, 0.5) is 5.69 Å². The number of hydrogen-bond acceptors (Lipinski definition) is 4. The monoisotopic (exact) mass is 513 g/mol. The molecule has 0 bridgehead atoms. The van der Waals surface area contributed by atoms with Gasteiger partial charge in [-0.1, -0.05) is 97.1 Å². The van der Waals surface area contributed by atoms with Crippen LogP contribution < -0.4 is 0 Å². The Morgan fingerprint density at radius 1 is 0.550 bits per heavy atom. The highest BCUT2D eigenvalue weighted by Crippen LogP contribution is 2.39. The van der Waals surface area contributed by atoms with Crippen LogP contribution >= 0.6 is 0 Å². The summed E-state index contributed by atoms with van der Waals surface area (Å²) in [5.41, 5.74) is 5.36. The average molecular weight is 514 g/mol. The van der Waals surface area contributed by atoms with Gasteiger partial charge in [-0.25, -0.2) is 9.83 Å². The van der Waals surface area contributed by atoms with Gasteiger partial charge < -0.3 is 4.42 Å². The number of benzene rings is 5. The fourth-order valence-electron chi connectivity index (χ4n) is 5.51. The summed E-state index contributed by atoms with van der Waals surface area (Å²) >= 11 is 0. The molecule has 0 amide bonds. The molecule has 0 unspecified atom stereocenters. The Morgan fingerprint density at radius 3 is 1.88 bits per heavy atom. The molecule has 0 saturated heterocycles. The zero-order chi connectivity index (χ0) is 26.6. The molecule has 186 valence electrons. The summed E-state index contributed by atoms with van der Waals surface area (Å²) in [7, 11) is 0. The summed E-state index contributed by atoms with van der Waals surface area (Å²) < 4.78 is 8.45. The van der Waals surface area contributed by atoms with Crippen LogP contribution in [0, 0.1) is 6.57 Å². The van der Waals surface area contributed by atoms with Crippen molar-refractivity contribution in [3.05, 3.63) is 127 Å². The van der Waals surface area contributed by atoms with Crippen LogP contribution in [0.2, 0.25) is 0 Å². The summed E-state index contributed by atoms with van der Waals surface area (Å²) in [5, 5.41) is 4.07. The van der Waals surface area contributed by atoms with Crippen LogP contribution in [-0.4, -0.2) is 19.5 Å². The molecular formula is C34H19N5O. The van der Waals surface area contributed by atoms with Gasteiger partial charge in [0.15, 0.2) is 11.6 Å². The van der Waals surface area contributed by atoms with Crippen molar-refractivity contribution in [1.29, 1.82) is 0 Å². The molecule has 0 atom stereocenters. The molecular weight excluding hydrogens is 494 g/mol. The number of furan rings is 1. The average Bonchev–Trinajstić information content (AvgIpc) is 3.57. The van der Waals surface area contributed by atoms with E-state index in [0.29, 0.717) is 34.5 Å². The van der Waals surface area contributed by atoms with Crippen LogP contribution in [-0.2, 0) is 0 Å². The summed E-state index contributed by atoms with van der Waals surface area (Å²) in [6.07, 6.45) is 0. The SMILES string of the molecule is [C-]#[N+]c1cccc2c1oc1c(-c3nc(-c4ccccc4)nc(-n4c5ccccc5c5ccccc54)n3)cccc12. The van der Waals surface area contributed by atoms with Gasteiger partial charge in [-0.3, -0.25) is 4.57 Å². The van der Waals surface area contributed by atoms with Crippen molar-refractivity contribution < 1.29 is 4.42 Å². The minimum absolute atomic E-state index is 0.478. The molecule has 40 heavy (non-hydrogen) atoms. The Morgan fingerprint density at radius 2 is 1.15 bits per heavy atom. The van der Waals surface area contributed by atoms with E-state index in [-0.39, 0.29) is 0 Å². The van der Waals surface area contributed by atoms with Crippen molar-refractivity contribution in [3.8, 4) is 28.7 Å². The van der Waals surface area contributed by atoms with Crippen LogP contribution in [0.25, 0.3) is 77.3 Å². The van der Waals surface area contributed by atoms with Crippen molar-refractivity contribution in [2.45, 2.75) is 0 Å². The predicted molar refractivity (Wildman–Crippen MR) is 159 cm³/mol. The van der Waals surface area contributed by atoms with E-state index in [0.717, 1.165) is 43.7 Å². The second-order valence-corrected chi connectivity index (χ2v) is 9.57. The van der Waals surface area contributed by atoms with Crippen LogP contribution in [0.15, 0.2) is 120 Å². The third-order valence-corrected chi connectivity index (χ3v) is 7.30. The first kappa shape index (κ1) is 22.2. The summed E-state index contributed by atoms with van der Waals surface area (Å²) in [6.45, 7) is 7.61. The molecule has 0 spiro atoms. The fraction of sp³-hybridized carbons (Fsp3) is 0. The van der Waals surface area contributed by atoms with E-state index >= 15 is 0 Å². The number of nitrogens with zero attached hydrogens (tertiary/aromatic N) is 5. The van der Waals surface area contributed by atoms with Gasteiger partial charge in [-0.05, 0) is 18.2 Å². The molecule has 8 rings (SSSR count). The first-order chi connectivity index (χ1) is 19.8. The standard InChI is InChI=1S/C34H19N5O/c1-35-27-18-10-16-25-24-15-9-17-26(30(24)40-31(25)27)33-36-32(21-11-3-2-4-12-21)37-34(38-33)39-28-19-7-5-13-22(28)23-14-6-8-20-29(23)39/h2-20H. The Balaban J connectivity index is 1.47. The van der Waals surface area contributed by atoms with Crippen molar-refractivity contribution in [2.75, 3.05) is 0 Å². The molecule has 6 heteroatoms. The van der Waals surface area contributed by atoms with E-state index in [1.165, 1.54) is 0 Å². The molecule has 3 heterocycles. The number of aromatic nitrogens is 4. The van der Waals surface area contributed by atoms with Gasteiger partial charge in [0.1, 0.15) is 11.2 Å². The lowest BCUT2D eigenvalue weighted by atomic mass is 10.1. The third kappa shape index (κ3) is 3.25. The lowest BCUT2D eigenvalue weighted by Gasteiger charge is -2.11. The van der Waals surface area contributed by atoms with Gasteiger partial charge >= 0.3 is 0 Å². The highest BCUT2D eigenvalue weighted by atomic mass is 16.3. The fourth-order valence-corrected chi connectivity index (χ4v) is 5.51. The minimum atomic E-state index is 0.478. The van der Waals surface area contributed by atoms with Gasteiger partial charge in [0.2, 0.25) is 11.6 Å². The van der Waals surface area contributed by atoms with Gasteiger partial charge in [0.05, 0.1) is 23.2 Å². The smallest absolute Gasteiger partial charge is 0.238 e. The van der Waals surface area contributed by atoms with Crippen LogP contribution in [0.1, 0.15) is 0 Å². The lowest BCUT2D eigenvalue weighted by Crippen LogP contribution is -2.06. The van der Waals surface area contributed by atoms with E-state index in [9.17, 15) is 0 Å². The molecule has 0 saturated carbocycles. The topological polar surface area (TPSA) is 61.1 Å². The molecule has 0 aliphatic heterocycles. The number of para-hydroxylation sites is 4. The van der Waals surface area contributed by atoms with Crippen LogP contribution in [0.5, 0.6) is 0 Å². The zero-order valence-corrected chi connectivity index (χ0v) is 21.1. The first-order valence-electron chi connectivity index (χ1n) is 12.9. The Bertz CT molecular complexity index is 2240. The molecule has 0 N–H and O–H groups in total. The number of hydrogen-bond donors (Lipinski definition) is 0. The van der Waals surface area contributed by atoms with Crippen molar-refractivity contribution in [2.24, 2.45) is 0 Å². The quantitative estimate of drug-likeness (QED) is 0.222. The normalized spacial score (nSPS) is 11.5. The summed E-state index contributed by atoms with van der Waals surface area (Å²) in [4.78, 5) is 18.7. The maximum Gasteiger partial charge on any atom is 0.238 e. The highest BCUT2D eigenvalue weighted by molar-refractivity contribution is 6.12. The molecule has 0 fully saturated rings. The molecule has 3 aromatic heterocycles. The Hall–Kier alpha value is -5.80. The number of fused-ring (bicyclic) bond motifs is 6. The Labute approximate surface area is 228 Å². The van der Waals surface area contributed by atoms with E-state index in [1.807, 2.05) is 84.9 Å². The Kier molecular flexibility index (Phi) is 4.78. The van der Waals surface area contributed by atoms with E-state index in [1.54, 1.807) is 6.07 Å². The maximum atomic E-state index is 7.61. The second kappa shape index (κ2) is 8.62. The lowest BCUT2D eigenvalue weighted by molar-refractivity contribution is 0.671. The zero-order valence-electron chi connectivity index (χ0n) is 21.1. The van der Waals surface area contributed by atoms with Crippen molar-refractivity contribution in [1.82, 2.24) is 19.5 Å². The second-order valence-electron chi connectivity index (χ2n) is 9.57. The van der Waals surface area contributed by atoms with Gasteiger partial charge in [-0.2, -0.15) is 9.97 Å². The molecule has 5 aromatic carbocycles.